The van der Waals surface area contributed by atoms with Gasteiger partial charge in [-0.1, -0.05) is 36.4 Å². The first-order chi connectivity index (χ1) is 14.9. The van der Waals surface area contributed by atoms with Crippen molar-refractivity contribution in [1.29, 1.82) is 0 Å². The number of barbiturate groups is 1. The normalized spacial score (nSPS) is 15.4. The maximum Gasteiger partial charge on any atom is 0.335 e. The van der Waals surface area contributed by atoms with Gasteiger partial charge in [-0.2, -0.15) is 0 Å². The maximum atomic E-state index is 13.3. The quantitative estimate of drug-likeness (QED) is 0.313. The Labute approximate surface area is 191 Å². The lowest BCUT2D eigenvalue weighted by Gasteiger charge is -2.27. The number of halogens is 1. The van der Waals surface area contributed by atoms with Gasteiger partial charge in [-0.3, -0.25) is 14.9 Å². The number of fused-ring (bicyclic) bond motifs is 1. The third-order valence-electron chi connectivity index (χ3n) is 4.88. The number of ether oxygens (including phenoxy) is 2. The number of hydrogen-bond acceptors (Lipinski definition) is 5. The third-order valence-corrected chi connectivity index (χ3v) is 5.68. The molecule has 1 aliphatic heterocycles. The van der Waals surface area contributed by atoms with Crippen LogP contribution in [0.2, 0.25) is 0 Å². The van der Waals surface area contributed by atoms with Crippen LogP contribution in [-0.4, -0.2) is 32.1 Å². The SMILES string of the molecule is COc1cc(C=C2C(=O)NC(=O)N(c3cccc4ccccc34)C2=O)cc(I)c1OC. The number of anilines is 1. The van der Waals surface area contributed by atoms with Crippen LogP contribution in [0.5, 0.6) is 11.5 Å². The molecule has 1 fully saturated rings. The summed E-state index contributed by atoms with van der Waals surface area (Å²) in [6, 6.07) is 15.4. The molecule has 0 aromatic heterocycles. The lowest BCUT2D eigenvalue weighted by atomic mass is 10.0. The smallest absolute Gasteiger partial charge is 0.335 e. The maximum absolute atomic E-state index is 13.3. The van der Waals surface area contributed by atoms with Crippen molar-refractivity contribution in [3.63, 3.8) is 0 Å². The minimum atomic E-state index is -0.787. The van der Waals surface area contributed by atoms with Crippen molar-refractivity contribution in [1.82, 2.24) is 5.32 Å². The number of urea groups is 1. The molecule has 1 N–H and O–H groups in total. The molecule has 4 rings (SSSR count). The molecule has 0 atom stereocenters. The molecule has 0 unspecified atom stereocenters. The van der Waals surface area contributed by atoms with E-state index < -0.39 is 17.8 Å². The molecule has 0 spiro atoms. The van der Waals surface area contributed by atoms with Crippen molar-refractivity contribution in [2.75, 3.05) is 19.1 Å². The summed E-state index contributed by atoms with van der Waals surface area (Å²) in [6.07, 6.45) is 1.44. The van der Waals surface area contributed by atoms with Crippen LogP contribution in [0.1, 0.15) is 5.56 Å². The number of imide groups is 2. The predicted molar refractivity (Wildman–Crippen MR) is 125 cm³/mol. The molecule has 0 aliphatic carbocycles. The minimum absolute atomic E-state index is 0.157. The Morgan fingerprint density at radius 3 is 2.45 bits per heavy atom. The molecule has 156 valence electrons. The van der Waals surface area contributed by atoms with Gasteiger partial charge < -0.3 is 9.47 Å². The van der Waals surface area contributed by atoms with Gasteiger partial charge in [0.1, 0.15) is 5.57 Å². The Kier molecular flexibility index (Phi) is 5.64. The van der Waals surface area contributed by atoms with E-state index in [0.29, 0.717) is 22.7 Å². The highest BCUT2D eigenvalue weighted by molar-refractivity contribution is 14.1. The zero-order valence-electron chi connectivity index (χ0n) is 16.6. The van der Waals surface area contributed by atoms with Crippen molar-refractivity contribution >= 4 is 63.0 Å². The first kappa shape index (κ1) is 20.9. The number of amides is 4. The van der Waals surface area contributed by atoms with E-state index in [4.69, 9.17) is 9.47 Å². The average molecular weight is 528 g/mol. The molecule has 8 heteroatoms. The molecule has 1 saturated heterocycles. The highest BCUT2D eigenvalue weighted by Gasteiger charge is 2.37. The highest BCUT2D eigenvalue weighted by atomic mass is 127. The number of benzene rings is 3. The summed E-state index contributed by atoms with van der Waals surface area (Å²) in [4.78, 5) is 39.4. The molecular formula is C23H17IN2O5. The van der Waals surface area contributed by atoms with Crippen molar-refractivity contribution in [3.05, 3.63) is 69.3 Å². The lowest BCUT2D eigenvalue weighted by molar-refractivity contribution is -0.122. The van der Waals surface area contributed by atoms with E-state index in [0.717, 1.165) is 19.2 Å². The van der Waals surface area contributed by atoms with E-state index >= 15 is 0 Å². The summed E-state index contributed by atoms with van der Waals surface area (Å²) in [5.41, 5.74) is 0.809. The van der Waals surface area contributed by atoms with Crippen LogP contribution in [-0.2, 0) is 9.59 Å². The van der Waals surface area contributed by atoms with E-state index in [9.17, 15) is 14.4 Å². The van der Waals surface area contributed by atoms with Gasteiger partial charge in [0, 0.05) is 5.39 Å². The molecule has 0 saturated carbocycles. The molecule has 0 radical (unpaired) electrons. The van der Waals surface area contributed by atoms with Gasteiger partial charge >= 0.3 is 6.03 Å². The molecule has 3 aromatic carbocycles. The summed E-state index contributed by atoms with van der Waals surface area (Å²) in [6.45, 7) is 0. The van der Waals surface area contributed by atoms with E-state index in [1.807, 2.05) is 30.3 Å². The number of hydrogen-bond donors (Lipinski definition) is 1. The fraction of sp³-hybridized carbons (Fsp3) is 0.0870. The van der Waals surface area contributed by atoms with Crippen LogP contribution in [0.3, 0.4) is 0 Å². The number of nitrogens with one attached hydrogen (secondary N) is 1. The standard InChI is InChI=1S/C23H17IN2O5/c1-30-19-12-13(11-17(24)20(19)31-2)10-16-21(27)25-23(29)26(22(16)28)18-9-5-7-14-6-3-4-8-15(14)18/h3-12H,1-2H3,(H,25,27,29). The summed E-state index contributed by atoms with van der Waals surface area (Å²) in [7, 11) is 3.04. The summed E-state index contributed by atoms with van der Waals surface area (Å²) in [5.74, 6) is -0.435. The van der Waals surface area contributed by atoms with Crippen molar-refractivity contribution < 1.29 is 23.9 Å². The van der Waals surface area contributed by atoms with Crippen LogP contribution >= 0.6 is 22.6 Å². The average Bonchev–Trinajstić information content (AvgIpc) is 2.76. The Bertz CT molecular complexity index is 1260. The van der Waals surface area contributed by atoms with Crippen LogP contribution in [0.15, 0.2) is 60.2 Å². The highest BCUT2D eigenvalue weighted by Crippen LogP contribution is 2.35. The monoisotopic (exact) mass is 528 g/mol. The molecule has 3 aromatic rings. The first-order valence-electron chi connectivity index (χ1n) is 9.25. The number of rotatable bonds is 4. The minimum Gasteiger partial charge on any atom is -0.493 e. The van der Waals surface area contributed by atoms with Crippen LogP contribution in [0.4, 0.5) is 10.5 Å². The number of carbonyl (C=O) groups excluding carboxylic acids is 3. The van der Waals surface area contributed by atoms with Gasteiger partial charge in [-0.25, -0.2) is 9.69 Å². The van der Waals surface area contributed by atoms with Gasteiger partial charge in [0.25, 0.3) is 11.8 Å². The molecule has 7 nitrogen and oxygen atoms in total. The Morgan fingerprint density at radius 2 is 1.71 bits per heavy atom. The molecule has 1 heterocycles. The van der Waals surface area contributed by atoms with Crippen molar-refractivity contribution in [3.8, 4) is 11.5 Å². The zero-order valence-corrected chi connectivity index (χ0v) is 18.8. The van der Waals surface area contributed by atoms with E-state index in [1.54, 1.807) is 24.3 Å². The van der Waals surface area contributed by atoms with Gasteiger partial charge in [-0.05, 0) is 57.8 Å². The fourth-order valence-electron chi connectivity index (χ4n) is 3.47. The largest absolute Gasteiger partial charge is 0.493 e. The van der Waals surface area contributed by atoms with Crippen LogP contribution in [0.25, 0.3) is 16.8 Å². The van der Waals surface area contributed by atoms with Crippen molar-refractivity contribution in [2.24, 2.45) is 0 Å². The number of methoxy groups -OCH3 is 2. The van der Waals surface area contributed by atoms with Crippen LogP contribution in [0, 0.1) is 3.57 Å². The fourth-order valence-corrected chi connectivity index (χ4v) is 4.31. The van der Waals surface area contributed by atoms with Gasteiger partial charge in [0.05, 0.1) is 23.5 Å². The number of nitrogens with zero attached hydrogens (tertiary/aromatic N) is 1. The Balaban J connectivity index is 1.81. The molecule has 1 aliphatic rings. The lowest BCUT2D eigenvalue weighted by Crippen LogP contribution is -2.54. The summed E-state index contributed by atoms with van der Waals surface area (Å²) in [5, 5.41) is 3.86. The first-order valence-corrected chi connectivity index (χ1v) is 10.3. The second-order valence-corrected chi connectivity index (χ2v) is 7.86. The number of carbonyl (C=O) groups is 3. The second-order valence-electron chi connectivity index (χ2n) is 6.69. The molecular weight excluding hydrogens is 511 g/mol. The van der Waals surface area contributed by atoms with Gasteiger partial charge in [0.15, 0.2) is 11.5 Å². The topological polar surface area (TPSA) is 84.9 Å². The summed E-state index contributed by atoms with van der Waals surface area (Å²) < 4.78 is 11.4. The molecule has 4 amide bonds. The van der Waals surface area contributed by atoms with E-state index in [2.05, 4.69) is 27.9 Å². The van der Waals surface area contributed by atoms with E-state index in [1.165, 1.54) is 20.3 Å². The van der Waals surface area contributed by atoms with Crippen LogP contribution < -0.4 is 19.7 Å². The van der Waals surface area contributed by atoms with Gasteiger partial charge in [-0.15, -0.1) is 0 Å². The third kappa shape index (κ3) is 3.74. The summed E-state index contributed by atoms with van der Waals surface area (Å²) >= 11 is 2.08. The molecule has 0 bridgehead atoms. The van der Waals surface area contributed by atoms with E-state index in [-0.39, 0.29) is 5.57 Å². The Morgan fingerprint density at radius 1 is 0.968 bits per heavy atom. The Hall–Kier alpha value is -3.40. The van der Waals surface area contributed by atoms with Crippen molar-refractivity contribution in [2.45, 2.75) is 0 Å². The molecule has 31 heavy (non-hydrogen) atoms. The van der Waals surface area contributed by atoms with Gasteiger partial charge in [0.2, 0.25) is 0 Å². The second kappa shape index (κ2) is 8.38. The zero-order chi connectivity index (χ0) is 22.1. The predicted octanol–water partition coefficient (Wildman–Crippen LogP) is 4.13.